The smallest absolute Gasteiger partial charge is 0.253 e. The second-order valence-corrected chi connectivity index (χ2v) is 8.68. The Bertz CT molecular complexity index is 748. The third-order valence-corrected chi connectivity index (χ3v) is 6.68. The molecule has 170 valence electrons. The van der Waals surface area contributed by atoms with Crippen molar-refractivity contribution in [2.24, 2.45) is 11.8 Å². The van der Waals surface area contributed by atoms with Crippen molar-refractivity contribution in [1.29, 1.82) is 0 Å². The molecule has 7 nitrogen and oxygen atoms in total. The zero-order chi connectivity index (χ0) is 21.6. The number of carbonyl (C=O) groups is 2. The van der Waals surface area contributed by atoms with E-state index in [1.54, 1.807) is 4.90 Å². The van der Waals surface area contributed by atoms with Crippen LogP contribution in [0.1, 0.15) is 29.6 Å². The van der Waals surface area contributed by atoms with Crippen LogP contribution in [0.2, 0.25) is 0 Å². The Morgan fingerprint density at radius 3 is 2.55 bits per heavy atom. The van der Waals surface area contributed by atoms with Gasteiger partial charge in [0.05, 0.1) is 25.7 Å². The van der Waals surface area contributed by atoms with Crippen LogP contribution < -0.4 is 5.32 Å². The zero-order valence-electron chi connectivity index (χ0n) is 17.9. The molecular formula is C23H32FN3O4. The molecule has 31 heavy (non-hydrogen) atoms. The van der Waals surface area contributed by atoms with Crippen molar-refractivity contribution in [3.8, 4) is 0 Å². The Morgan fingerprint density at radius 2 is 1.84 bits per heavy atom. The molecule has 0 aliphatic carbocycles. The Morgan fingerprint density at radius 1 is 1.06 bits per heavy atom. The summed E-state index contributed by atoms with van der Waals surface area (Å²) in [4.78, 5) is 29.9. The van der Waals surface area contributed by atoms with Crippen molar-refractivity contribution in [3.05, 3.63) is 35.6 Å². The first-order valence-electron chi connectivity index (χ1n) is 11.3. The highest BCUT2D eigenvalue weighted by Gasteiger charge is 2.33. The minimum absolute atomic E-state index is 0.00813. The fourth-order valence-corrected chi connectivity index (χ4v) is 4.86. The van der Waals surface area contributed by atoms with Crippen molar-refractivity contribution in [2.75, 3.05) is 59.2 Å². The van der Waals surface area contributed by atoms with Crippen LogP contribution in [0.15, 0.2) is 24.3 Å². The average Bonchev–Trinajstić information content (AvgIpc) is 3.34. The minimum atomic E-state index is -0.366. The molecule has 0 bridgehead atoms. The summed E-state index contributed by atoms with van der Waals surface area (Å²) in [6.45, 7) is 6.33. The number of rotatable bonds is 6. The van der Waals surface area contributed by atoms with Gasteiger partial charge in [-0.2, -0.15) is 0 Å². The van der Waals surface area contributed by atoms with E-state index in [0.717, 1.165) is 58.8 Å². The Labute approximate surface area is 182 Å². The fourth-order valence-electron chi connectivity index (χ4n) is 4.86. The van der Waals surface area contributed by atoms with E-state index >= 15 is 0 Å². The van der Waals surface area contributed by atoms with E-state index in [-0.39, 0.29) is 29.6 Å². The molecule has 3 unspecified atom stereocenters. The number of ether oxygens (including phenoxy) is 2. The monoisotopic (exact) mass is 433 g/mol. The van der Waals surface area contributed by atoms with E-state index in [1.165, 1.54) is 24.3 Å². The van der Waals surface area contributed by atoms with Gasteiger partial charge in [-0.3, -0.25) is 14.5 Å². The number of morpholine rings is 1. The molecule has 0 radical (unpaired) electrons. The highest BCUT2D eigenvalue weighted by atomic mass is 19.1. The molecule has 3 fully saturated rings. The molecule has 0 aromatic heterocycles. The molecule has 4 rings (SSSR count). The fraction of sp³-hybridized carbons (Fsp3) is 0.652. The highest BCUT2D eigenvalue weighted by molar-refractivity contribution is 5.94. The Hall–Kier alpha value is -2.03. The lowest BCUT2D eigenvalue weighted by Crippen LogP contribution is -2.53. The summed E-state index contributed by atoms with van der Waals surface area (Å²) in [7, 11) is 0. The molecule has 3 heterocycles. The molecule has 2 amide bonds. The van der Waals surface area contributed by atoms with E-state index in [9.17, 15) is 14.0 Å². The number of likely N-dealkylation sites (tertiary alicyclic amines) is 1. The molecule has 0 spiro atoms. The number of hydrogen-bond donors (Lipinski definition) is 1. The van der Waals surface area contributed by atoms with Gasteiger partial charge < -0.3 is 19.7 Å². The van der Waals surface area contributed by atoms with E-state index < -0.39 is 0 Å². The van der Waals surface area contributed by atoms with E-state index in [4.69, 9.17) is 9.47 Å². The molecule has 3 saturated heterocycles. The normalized spacial score (nSPS) is 25.9. The topological polar surface area (TPSA) is 71.1 Å². The molecule has 1 N–H and O–H groups in total. The maximum atomic E-state index is 13.2. The first-order valence-corrected chi connectivity index (χ1v) is 11.3. The first kappa shape index (κ1) is 22.2. The van der Waals surface area contributed by atoms with Gasteiger partial charge in [-0.05, 0) is 43.5 Å². The summed E-state index contributed by atoms with van der Waals surface area (Å²) in [5.74, 6) is -0.305. The zero-order valence-corrected chi connectivity index (χ0v) is 17.9. The van der Waals surface area contributed by atoms with Crippen LogP contribution >= 0.6 is 0 Å². The largest absolute Gasteiger partial charge is 0.381 e. The van der Waals surface area contributed by atoms with Crippen molar-refractivity contribution in [2.45, 2.75) is 25.3 Å². The summed E-state index contributed by atoms with van der Waals surface area (Å²) in [5.41, 5.74) is 0.455. The molecule has 3 aliphatic heterocycles. The minimum Gasteiger partial charge on any atom is -0.381 e. The van der Waals surface area contributed by atoms with Crippen molar-refractivity contribution < 1.29 is 23.5 Å². The number of piperidine rings is 1. The number of nitrogens with zero attached hydrogens (tertiary/aromatic N) is 2. The van der Waals surface area contributed by atoms with Gasteiger partial charge in [0.2, 0.25) is 5.91 Å². The standard InChI is InChI=1S/C23H32FN3O4/c24-20-5-3-17(4-6-20)23(29)27-8-1-2-18(15-27)22(28)25-14-21(19-7-11-31-16-19)26-9-12-30-13-10-26/h3-6,18-19,21H,1-2,7-16H2,(H,25,28). The summed E-state index contributed by atoms with van der Waals surface area (Å²) in [5, 5.41) is 3.17. The van der Waals surface area contributed by atoms with E-state index in [0.29, 0.717) is 31.1 Å². The maximum Gasteiger partial charge on any atom is 0.253 e. The van der Waals surface area contributed by atoms with Crippen LogP contribution in [0.3, 0.4) is 0 Å². The lowest BCUT2D eigenvalue weighted by molar-refractivity contribution is -0.126. The van der Waals surface area contributed by atoms with Crippen LogP contribution in [0.4, 0.5) is 4.39 Å². The van der Waals surface area contributed by atoms with Crippen LogP contribution in [0.25, 0.3) is 0 Å². The number of amides is 2. The second kappa shape index (κ2) is 10.5. The number of benzene rings is 1. The van der Waals surface area contributed by atoms with Crippen molar-refractivity contribution >= 4 is 11.8 Å². The number of nitrogens with one attached hydrogen (secondary N) is 1. The van der Waals surface area contributed by atoms with Gasteiger partial charge in [0.25, 0.3) is 5.91 Å². The lowest BCUT2D eigenvalue weighted by Gasteiger charge is -2.38. The molecule has 3 atom stereocenters. The van der Waals surface area contributed by atoms with E-state index in [2.05, 4.69) is 10.2 Å². The predicted octanol–water partition coefficient (Wildman–Crippen LogP) is 1.53. The molecule has 0 saturated carbocycles. The third kappa shape index (κ3) is 5.61. The van der Waals surface area contributed by atoms with E-state index in [1.807, 2.05) is 0 Å². The maximum absolute atomic E-state index is 13.2. The highest BCUT2D eigenvalue weighted by Crippen LogP contribution is 2.23. The molecule has 1 aromatic carbocycles. The van der Waals surface area contributed by atoms with Crippen LogP contribution in [-0.2, 0) is 14.3 Å². The van der Waals surface area contributed by atoms with Crippen LogP contribution in [-0.4, -0.2) is 86.8 Å². The first-order chi connectivity index (χ1) is 15.1. The van der Waals surface area contributed by atoms with Crippen molar-refractivity contribution in [1.82, 2.24) is 15.1 Å². The summed E-state index contributed by atoms with van der Waals surface area (Å²) < 4.78 is 24.3. The van der Waals surface area contributed by atoms with Gasteiger partial charge in [-0.1, -0.05) is 0 Å². The number of halogens is 1. The average molecular weight is 434 g/mol. The van der Waals surface area contributed by atoms with Crippen LogP contribution in [0.5, 0.6) is 0 Å². The van der Waals surface area contributed by atoms with Gasteiger partial charge in [0.15, 0.2) is 0 Å². The van der Waals surface area contributed by atoms with Gasteiger partial charge in [0, 0.05) is 56.9 Å². The SMILES string of the molecule is O=C(NCC(C1CCOC1)N1CCOCC1)C1CCCN(C(=O)c2ccc(F)cc2)C1. The molecule has 1 aromatic rings. The molecule has 3 aliphatic rings. The summed E-state index contributed by atoms with van der Waals surface area (Å²) >= 11 is 0. The lowest BCUT2D eigenvalue weighted by atomic mass is 9.94. The summed E-state index contributed by atoms with van der Waals surface area (Å²) in [6, 6.07) is 5.83. The second-order valence-electron chi connectivity index (χ2n) is 8.68. The van der Waals surface area contributed by atoms with Gasteiger partial charge in [-0.25, -0.2) is 4.39 Å². The summed E-state index contributed by atoms with van der Waals surface area (Å²) in [6.07, 6.45) is 2.57. The third-order valence-electron chi connectivity index (χ3n) is 6.68. The van der Waals surface area contributed by atoms with Crippen molar-refractivity contribution in [3.63, 3.8) is 0 Å². The Kier molecular flexibility index (Phi) is 7.53. The van der Waals surface area contributed by atoms with Gasteiger partial charge in [-0.15, -0.1) is 0 Å². The number of carbonyl (C=O) groups excluding carboxylic acids is 2. The van der Waals surface area contributed by atoms with Gasteiger partial charge >= 0.3 is 0 Å². The Balaban J connectivity index is 1.33. The van der Waals surface area contributed by atoms with Crippen LogP contribution in [0, 0.1) is 17.7 Å². The van der Waals surface area contributed by atoms with Gasteiger partial charge in [0.1, 0.15) is 5.82 Å². The quantitative estimate of drug-likeness (QED) is 0.737. The molecular weight excluding hydrogens is 401 g/mol. The number of hydrogen-bond acceptors (Lipinski definition) is 5. The molecule has 8 heteroatoms. The predicted molar refractivity (Wildman–Crippen MR) is 113 cm³/mol.